The van der Waals surface area contributed by atoms with Crippen LogP contribution < -0.4 is 0 Å². The molecule has 3 aromatic rings. The number of H-pyrrole nitrogens is 1. The molecule has 0 spiro atoms. The molecule has 4 nitrogen and oxygen atoms in total. The largest absolute Gasteiger partial charge is 0.346 e. The summed E-state index contributed by atoms with van der Waals surface area (Å²) in [4.78, 5) is 7.90. The van der Waals surface area contributed by atoms with E-state index in [4.69, 9.17) is 0 Å². The van der Waals surface area contributed by atoms with Crippen molar-refractivity contribution in [3.63, 3.8) is 0 Å². The number of nitrogens with zero attached hydrogens (tertiary/aromatic N) is 3. The lowest BCUT2D eigenvalue weighted by Crippen LogP contribution is -2.04. The van der Waals surface area contributed by atoms with Crippen LogP contribution in [0.25, 0.3) is 27.7 Å². The molecule has 0 saturated carbocycles. The van der Waals surface area contributed by atoms with E-state index in [2.05, 4.69) is 34.1 Å². The zero-order valence-electron chi connectivity index (χ0n) is 13.7. The van der Waals surface area contributed by atoms with Crippen LogP contribution in [-0.4, -0.2) is 19.7 Å². The smallest absolute Gasteiger partial charge is 0.137 e. The minimum atomic E-state index is 0.855. The minimum absolute atomic E-state index is 0.855. The lowest BCUT2D eigenvalue weighted by Gasteiger charge is -2.20. The topological polar surface area (TPSA) is 46.5 Å². The summed E-state index contributed by atoms with van der Waals surface area (Å²) in [5.41, 5.74) is 5.95. The monoisotopic (exact) mass is 306 g/mol. The van der Waals surface area contributed by atoms with Crippen LogP contribution in [0.4, 0.5) is 0 Å². The lowest BCUT2D eigenvalue weighted by molar-refractivity contribution is 0.470. The van der Waals surface area contributed by atoms with Crippen LogP contribution in [0.1, 0.15) is 38.2 Å². The van der Waals surface area contributed by atoms with E-state index in [1.54, 1.807) is 0 Å². The zero-order chi connectivity index (χ0) is 15.8. The van der Waals surface area contributed by atoms with Gasteiger partial charge in [0.25, 0.3) is 0 Å². The molecule has 4 heteroatoms. The van der Waals surface area contributed by atoms with Crippen molar-refractivity contribution < 1.29 is 0 Å². The van der Waals surface area contributed by atoms with Crippen molar-refractivity contribution in [2.75, 3.05) is 0 Å². The van der Waals surface area contributed by atoms with E-state index >= 15 is 0 Å². The van der Waals surface area contributed by atoms with Gasteiger partial charge in [-0.3, -0.25) is 4.68 Å². The van der Waals surface area contributed by atoms with Crippen molar-refractivity contribution >= 4 is 16.6 Å². The highest BCUT2D eigenvalue weighted by Gasteiger charge is 2.16. The highest BCUT2D eigenvalue weighted by molar-refractivity contribution is 5.94. The standard InChI is InChI=1S/C19H22N4/c1-3-13-4-6-14(7-5-13)15-8-17-18(11-21-19(17)20-9-15)16-10-22-23(2)12-16/h6,8-13H,3-5,7H2,1-2H3,(H,20,21). The molecule has 1 aliphatic rings. The van der Waals surface area contributed by atoms with E-state index in [1.807, 2.05) is 36.5 Å². The molecular weight excluding hydrogens is 284 g/mol. The Balaban J connectivity index is 1.74. The average molecular weight is 306 g/mol. The van der Waals surface area contributed by atoms with Crippen LogP contribution in [0.15, 0.2) is 36.9 Å². The second kappa shape index (κ2) is 5.69. The van der Waals surface area contributed by atoms with Crippen LogP contribution in [0, 0.1) is 5.92 Å². The van der Waals surface area contributed by atoms with Gasteiger partial charge < -0.3 is 4.98 Å². The van der Waals surface area contributed by atoms with Gasteiger partial charge in [0.15, 0.2) is 0 Å². The van der Waals surface area contributed by atoms with Crippen molar-refractivity contribution in [2.45, 2.75) is 32.6 Å². The summed E-state index contributed by atoms with van der Waals surface area (Å²) < 4.78 is 1.83. The Kier molecular flexibility index (Phi) is 3.52. The zero-order valence-corrected chi connectivity index (χ0v) is 13.7. The summed E-state index contributed by atoms with van der Waals surface area (Å²) in [6, 6.07) is 2.28. The van der Waals surface area contributed by atoms with E-state index in [0.717, 1.165) is 17.1 Å². The highest BCUT2D eigenvalue weighted by atomic mass is 15.2. The van der Waals surface area contributed by atoms with E-state index < -0.39 is 0 Å². The number of fused-ring (bicyclic) bond motifs is 1. The van der Waals surface area contributed by atoms with Gasteiger partial charge in [-0.15, -0.1) is 0 Å². The molecule has 23 heavy (non-hydrogen) atoms. The summed E-state index contributed by atoms with van der Waals surface area (Å²) in [7, 11) is 1.94. The highest BCUT2D eigenvalue weighted by Crippen LogP contribution is 2.34. The Morgan fingerprint density at radius 3 is 2.91 bits per heavy atom. The van der Waals surface area contributed by atoms with Crippen molar-refractivity contribution in [2.24, 2.45) is 13.0 Å². The van der Waals surface area contributed by atoms with Gasteiger partial charge in [-0.1, -0.05) is 19.4 Å². The first-order valence-corrected chi connectivity index (χ1v) is 8.40. The number of aromatic amines is 1. The molecule has 118 valence electrons. The van der Waals surface area contributed by atoms with Crippen molar-refractivity contribution in [1.82, 2.24) is 19.7 Å². The summed E-state index contributed by atoms with van der Waals surface area (Å²) in [6.45, 7) is 2.29. The third-order valence-electron chi connectivity index (χ3n) is 5.01. The molecule has 3 aromatic heterocycles. The Hall–Kier alpha value is -2.36. The molecule has 0 amide bonds. The molecule has 1 aliphatic carbocycles. The number of hydrogen-bond acceptors (Lipinski definition) is 2. The van der Waals surface area contributed by atoms with Crippen LogP contribution in [-0.2, 0) is 7.05 Å². The van der Waals surface area contributed by atoms with Crippen LogP contribution in [0.5, 0.6) is 0 Å². The van der Waals surface area contributed by atoms with E-state index in [-0.39, 0.29) is 0 Å². The molecule has 0 radical (unpaired) electrons. The lowest BCUT2D eigenvalue weighted by atomic mass is 9.85. The fourth-order valence-electron chi connectivity index (χ4n) is 3.50. The first kappa shape index (κ1) is 14.2. The minimum Gasteiger partial charge on any atom is -0.346 e. The number of aryl methyl sites for hydroxylation is 1. The first-order chi connectivity index (χ1) is 11.2. The Bertz CT molecular complexity index is 869. The molecule has 0 fully saturated rings. The summed E-state index contributed by atoms with van der Waals surface area (Å²) in [6.07, 6.45) is 15.3. The molecule has 0 saturated heterocycles. The SMILES string of the molecule is CCC1CC=C(c2cnc3[nH]cc(-c4cnn(C)c4)c3c2)CC1. The molecule has 0 bridgehead atoms. The molecular formula is C19H22N4. The maximum Gasteiger partial charge on any atom is 0.137 e. The van der Waals surface area contributed by atoms with Crippen LogP contribution in [0.3, 0.4) is 0 Å². The van der Waals surface area contributed by atoms with Gasteiger partial charge in [-0.25, -0.2) is 4.98 Å². The molecule has 1 atom stereocenters. The second-order valence-electron chi connectivity index (χ2n) is 6.50. The summed E-state index contributed by atoms with van der Waals surface area (Å²) >= 11 is 0. The van der Waals surface area contributed by atoms with Gasteiger partial charge in [0.05, 0.1) is 6.20 Å². The summed E-state index contributed by atoms with van der Waals surface area (Å²) in [5.74, 6) is 0.855. The van der Waals surface area contributed by atoms with E-state index in [1.165, 1.54) is 47.8 Å². The van der Waals surface area contributed by atoms with Crippen molar-refractivity contribution in [3.8, 4) is 11.1 Å². The quantitative estimate of drug-likeness (QED) is 0.771. The number of aromatic nitrogens is 4. The predicted octanol–water partition coefficient (Wildman–Crippen LogP) is 4.56. The number of pyridine rings is 1. The Labute approximate surface area is 136 Å². The molecule has 0 aromatic carbocycles. The van der Waals surface area contributed by atoms with Gasteiger partial charge in [-0.05, 0) is 42.4 Å². The Morgan fingerprint density at radius 1 is 1.30 bits per heavy atom. The van der Waals surface area contributed by atoms with E-state index in [0.29, 0.717) is 0 Å². The van der Waals surface area contributed by atoms with Crippen LogP contribution in [0.2, 0.25) is 0 Å². The van der Waals surface area contributed by atoms with Gasteiger partial charge in [0.2, 0.25) is 0 Å². The molecule has 0 aliphatic heterocycles. The van der Waals surface area contributed by atoms with Gasteiger partial charge in [-0.2, -0.15) is 5.10 Å². The van der Waals surface area contributed by atoms with Gasteiger partial charge in [0.1, 0.15) is 5.65 Å². The van der Waals surface area contributed by atoms with Crippen molar-refractivity contribution in [1.29, 1.82) is 0 Å². The average Bonchev–Trinajstić information content (AvgIpc) is 3.20. The maximum atomic E-state index is 4.62. The number of allylic oxidation sites excluding steroid dienone is 2. The molecule has 3 heterocycles. The van der Waals surface area contributed by atoms with Gasteiger partial charge in [0, 0.05) is 42.2 Å². The number of nitrogens with one attached hydrogen (secondary N) is 1. The fraction of sp³-hybridized carbons (Fsp3) is 0.368. The first-order valence-electron chi connectivity index (χ1n) is 8.40. The Morgan fingerprint density at radius 2 is 2.22 bits per heavy atom. The molecule has 1 N–H and O–H groups in total. The second-order valence-corrected chi connectivity index (χ2v) is 6.50. The fourth-order valence-corrected chi connectivity index (χ4v) is 3.50. The summed E-state index contributed by atoms with van der Waals surface area (Å²) in [5, 5.41) is 5.46. The van der Waals surface area contributed by atoms with E-state index in [9.17, 15) is 0 Å². The third kappa shape index (κ3) is 2.58. The number of rotatable bonds is 3. The van der Waals surface area contributed by atoms with Crippen molar-refractivity contribution in [3.05, 3.63) is 42.5 Å². The molecule has 1 unspecified atom stereocenters. The van der Waals surface area contributed by atoms with Crippen LogP contribution >= 0.6 is 0 Å². The maximum absolute atomic E-state index is 4.62. The number of hydrogen-bond donors (Lipinski definition) is 1. The molecule has 4 rings (SSSR count). The van der Waals surface area contributed by atoms with Gasteiger partial charge >= 0.3 is 0 Å². The third-order valence-corrected chi connectivity index (χ3v) is 5.01. The predicted molar refractivity (Wildman–Crippen MR) is 93.9 cm³/mol. The normalized spacial score (nSPS) is 18.3.